The van der Waals surface area contributed by atoms with E-state index in [4.69, 9.17) is 4.42 Å². The molecule has 5 nitrogen and oxygen atoms in total. The van der Waals surface area contributed by atoms with E-state index in [-0.39, 0.29) is 12.2 Å². The maximum Gasteiger partial charge on any atom is 0.326 e. The normalized spacial score (nSPS) is 11.9. The summed E-state index contributed by atoms with van der Waals surface area (Å²) in [7, 11) is 0. The van der Waals surface area contributed by atoms with E-state index in [1.54, 1.807) is 12.1 Å². The highest BCUT2D eigenvalue weighted by atomic mass is 16.4. The largest absolute Gasteiger partial charge is 0.480 e. The molecule has 0 unspecified atom stereocenters. The van der Waals surface area contributed by atoms with Gasteiger partial charge in [-0.2, -0.15) is 0 Å². The molecule has 2 rings (SSSR count). The monoisotopic (exact) mass is 287 g/mol. The van der Waals surface area contributed by atoms with Crippen LogP contribution in [0.2, 0.25) is 0 Å². The number of amides is 1. The molecule has 0 bridgehead atoms. The molecular formula is C16H17NO4. The van der Waals surface area contributed by atoms with Crippen molar-refractivity contribution in [2.75, 3.05) is 0 Å². The number of nitrogens with one attached hydrogen (secondary N) is 1. The number of carbonyl (C=O) groups excluding carboxylic acids is 1. The van der Waals surface area contributed by atoms with Crippen molar-refractivity contribution in [1.29, 1.82) is 0 Å². The Morgan fingerprint density at radius 1 is 1.19 bits per heavy atom. The van der Waals surface area contributed by atoms with Crippen LogP contribution >= 0.6 is 0 Å². The first kappa shape index (κ1) is 14.8. The number of aryl methyl sites for hydroxylation is 1. The molecule has 2 aromatic rings. The summed E-state index contributed by atoms with van der Waals surface area (Å²) in [6.45, 7) is 1.91. The summed E-state index contributed by atoms with van der Waals surface area (Å²) in [5.41, 5.74) is 0.846. The summed E-state index contributed by atoms with van der Waals surface area (Å²) < 4.78 is 5.32. The van der Waals surface area contributed by atoms with Gasteiger partial charge in [-0.1, -0.05) is 37.3 Å². The van der Waals surface area contributed by atoms with Gasteiger partial charge in [0.2, 0.25) is 0 Å². The lowest BCUT2D eigenvalue weighted by atomic mass is 10.1. The zero-order valence-corrected chi connectivity index (χ0v) is 11.7. The van der Waals surface area contributed by atoms with Crippen molar-refractivity contribution < 1.29 is 19.1 Å². The van der Waals surface area contributed by atoms with Crippen molar-refractivity contribution in [3.63, 3.8) is 0 Å². The summed E-state index contributed by atoms with van der Waals surface area (Å²) in [6.07, 6.45) is 0.906. The average molecular weight is 287 g/mol. The molecule has 1 aromatic heterocycles. The molecule has 110 valence electrons. The second kappa shape index (κ2) is 6.74. The standard InChI is InChI=1S/C16H17NO4/c1-2-12-8-9-14(21-12)15(18)17-13(16(19)20)10-11-6-4-3-5-7-11/h3-9,13H,2,10H2,1H3,(H,17,18)(H,19,20)/t13-/m1/s1. The molecule has 1 amide bonds. The predicted molar refractivity (Wildman–Crippen MR) is 77.1 cm³/mol. The molecule has 1 aromatic carbocycles. The molecule has 0 aliphatic heterocycles. The number of hydrogen-bond acceptors (Lipinski definition) is 3. The van der Waals surface area contributed by atoms with E-state index < -0.39 is 17.9 Å². The van der Waals surface area contributed by atoms with Crippen molar-refractivity contribution in [1.82, 2.24) is 5.32 Å². The van der Waals surface area contributed by atoms with Crippen LogP contribution in [0.25, 0.3) is 0 Å². The van der Waals surface area contributed by atoms with E-state index in [0.717, 1.165) is 5.56 Å². The van der Waals surface area contributed by atoms with Crippen LogP contribution in [0, 0.1) is 0 Å². The highest BCUT2D eigenvalue weighted by Gasteiger charge is 2.22. The van der Waals surface area contributed by atoms with Crippen LogP contribution in [0.5, 0.6) is 0 Å². The number of carboxylic acid groups (broad SMARTS) is 1. The number of carboxylic acids is 1. The maximum absolute atomic E-state index is 12.0. The molecule has 0 aliphatic rings. The van der Waals surface area contributed by atoms with Crippen molar-refractivity contribution in [2.24, 2.45) is 0 Å². The van der Waals surface area contributed by atoms with Gasteiger partial charge in [0.15, 0.2) is 5.76 Å². The number of rotatable bonds is 6. The Balaban J connectivity index is 2.05. The molecular weight excluding hydrogens is 270 g/mol. The Morgan fingerprint density at radius 3 is 2.48 bits per heavy atom. The van der Waals surface area contributed by atoms with E-state index in [9.17, 15) is 14.7 Å². The van der Waals surface area contributed by atoms with Gasteiger partial charge in [-0.3, -0.25) is 4.79 Å². The van der Waals surface area contributed by atoms with Gasteiger partial charge >= 0.3 is 5.97 Å². The van der Waals surface area contributed by atoms with Gasteiger partial charge in [-0.05, 0) is 17.7 Å². The molecule has 5 heteroatoms. The first-order valence-electron chi connectivity index (χ1n) is 6.76. The van der Waals surface area contributed by atoms with E-state index in [1.165, 1.54) is 0 Å². The van der Waals surface area contributed by atoms with Gasteiger partial charge in [0.25, 0.3) is 5.91 Å². The zero-order valence-electron chi connectivity index (χ0n) is 11.7. The van der Waals surface area contributed by atoms with Crippen molar-refractivity contribution in [3.8, 4) is 0 Å². The number of aliphatic carboxylic acids is 1. The second-order valence-corrected chi connectivity index (χ2v) is 4.67. The molecule has 0 spiro atoms. The number of benzene rings is 1. The lowest BCUT2D eigenvalue weighted by molar-refractivity contribution is -0.139. The van der Waals surface area contributed by atoms with Crippen LogP contribution in [0.1, 0.15) is 28.8 Å². The first-order chi connectivity index (χ1) is 10.1. The van der Waals surface area contributed by atoms with Crippen molar-refractivity contribution in [3.05, 3.63) is 59.5 Å². The molecule has 1 heterocycles. The Labute approximate surface area is 122 Å². The van der Waals surface area contributed by atoms with Gasteiger partial charge in [-0.25, -0.2) is 4.79 Å². The number of furan rings is 1. The third-order valence-electron chi connectivity index (χ3n) is 3.12. The molecule has 2 N–H and O–H groups in total. The Bertz CT molecular complexity index is 618. The third kappa shape index (κ3) is 3.95. The summed E-state index contributed by atoms with van der Waals surface area (Å²) in [5, 5.41) is 11.7. The van der Waals surface area contributed by atoms with Crippen LogP contribution in [-0.2, 0) is 17.6 Å². The first-order valence-corrected chi connectivity index (χ1v) is 6.76. The van der Waals surface area contributed by atoms with Crippen LogP contribution in [0.4, 0.5) is 0 Å². The topological polar surface area (TPSA) is 79.5 Å². The summed E-state index contributed by atoms with van der Waals surface area (Å²) >= 11 is 0. The smallest absolute Gasteiger partial charge is 0.326 e. The van der Waals surface area contributed by atoms with E-state index in [0.29, 0.717) is 12.2 Å². The minimum atomic E-state index is -1.07. The molecule has 0 aliphatic carbocycles. The lowest BCUT2D eigenvalue weighted by Crippen LogP contribution is -2.42. The minimum absolute atomic E-state index is 0.131. The van der Waals surface area contributed by atoms with Gasteiger partial charge < -0.3 is 14.8 Å². The Kier molecular flexibility index (Phi) is 4.77. The molecule has 0 radical (unpaired) electrons. The highest BCUT2D eigenvalue weighted by Crippen LogP contribution is 2.09. The second-order valence-electron chi connectivity index (χ2n) is 4.67. The maximum atomic E-state index is 12.0. The molecule has 0 saturated carbocycles. The molecule has 1 atom stereocenters. The van der Waals surface area contributed by atoms with E-state index in [2.05, 4.69) is 5.32 Å². The van der Waals surface area contributed by atoms with E-state index >= 15 is 0 Å². The Hall–Kier alpha value is -2.56. The minimum Gasteiger partial charge on any atom is -0.480 e. The van der Waals surface area contributed by atoms with Gasteiger partial charge in [0.05, 0.1) is 0 Å². The van der Waals surface area contributed by atoms with Gasteiger partial charge in [0, 0.05) is 12.8 Å². The summed E-state index contributed by atoms with van der Waals surface area (Å²) in [6, 6.07) is 11.4. The Morgan fingerprint density at radius 2 is 1.90 bits per heavy atom. The summed E-state index contributed by atoms with van der Waals surface area (Å²) in [5.74, 6) is -0.770. The van der Waals surface area contributed by atoms with Crippen molar-refractivity contribution >= 4 is 11.9 Å². The van der Waals surface area contributed by atoms with Crippen LogP contribution in [-0.4, -0.2) is 23.0 Å². The molecule has 0 saturated heterocycles. The quantitative estimate of drug-likeness (QED) is 0.854. The molecule has 21 heavy (non-hydrogen) atoms. The molecule has 0 fully saturated rings. The van der Waals surface area contributed by atoms with Gasteiger partial charge in [0.1, 0.15) is 11.8 Å². The van der Waals surface area contributed by atoms with Crippen LogP contribution < -0.4 is 5.32 Å². The van der Waals surface area contributed by atoms with Gasteiger partial charge in [-0.15, -0.1) is 0 Å². The fourth-order valence-corrected chi connectivity index (χ4v) is 1.97. The highest BCUT2D eigenvalue weighted by molar-refractivity contribution is 5.94. The van der Waals surface area contributed by atoms with Crippen LogP contribution in [0.3, 0.4) is 0 Å². The number of carbonyl (C=O) groups is 2. The fourth-order valence-electron chi connectivity index (χ4n) is 1.97. The summed E-state index contributed by atoms with van der Waals surface area (Å²) in [4.78, 5) is 23.3. The predicted octanol–water partition coefficient (Wildman–Crippen LogP) is 2.27. The average Bonchev–Trinajstić information content (AvgIpc) is 2.96. The number of hydrogen-bond donors (Lipinski definition) is 2. The van der Waals surface area contributed by atoms with Crippen molar-refractivity contribution in [2.45, 2.75) is 25.8 Å². The van der Waals surface area contributed by atoms with E-state index in [1.807, 2.05) is 37.3 Å². The SMILES string of the molecule is CCc1ccc(C(=O)N[C@H](Cc2ccccc2)C(=O)O)o1. The third-order valence-corrected chi connectivity index (χ3v) is 3.12. The zero-order chi connectivity index (χ0) is 15.2. The lowest BCUT2D eigenvalue weighted by Gasteiger charge is -2.13. The fraction of sp³-hybridized carbons (Fsp3) is 0.250. The van der Waals surface area contributed by atoms with Crippen LogP contribution in [0.15, 0.2) is 46.9 Å².